The molecule has 0 aliphatic carbocycles. The summed E-state index contributed by atoms with van der Waals surface area (Å²) in [7, 11) is 1.75. The zero-order valence-corrected chi connectivity index (χ0v) is 11.2. The molecule has 0 radical (unpaired) electrons. The maximum absolute atomic E-state index is 12.2. The summed E-state index contributed by atoms with van der Waals surface area (Å²) in [5.74, 6) is 0.656. The van der Waals surface area contributed by atoms with E-state index in [0.29, 0.717) is 29.2 Å². The molecule has 1 amide bonds. The minimum absolute atomic E-state index is 0.0143. The molecule has 1 atom stereocenters. The molecule has 0 bridgehead atoms. The first kappa shape index (κ1) is 13.7. The van der Waals surface area contributed by atoms with Gasteiger partial charge < -0.3 is 15.1 Å². The highest BCUT2D eigenvalue weighted by molar-refractivity contribution is 7.80. The third kappa shape index (κ3) is 3.30. The van der Waals surface area contributed by atoms with Gasteiger partial charge in [-0.15, -0.1) is 0 Å². The van der Waals surface area contributed by atoms with E-state index in [1.165, 1.54) is 6.26 Å². The molecule has 2 N–H and O–H groups in total. The summed E-state index contributed by atoms with van der Waals surface area (Å²) < 4.78 is 5.25. The molecule has 1 heterocycles. The Labute approximate surface area is 107 Å². The summed E-state index contributed by atoms with van der Waals surface area (Å²) in [6.45, 7) is 3.87. The highest BCUT2D eigenvalue weighted by Gasteiger charge is 2.21. The Morgan fingerprint density at radius 3 is 2.82 bits per heavy atom. The van der Waals surface area contributed by atoms with E-state index in [4.69, 9.17) is 22.4 Å². The van der Waals surface area contributed by atoms with Gasteiger partial charge in [-0.05, 0) is 13.0 Å². The summed E-state index contributed by atoms with van der Waals surface area (Å²) in [5, 5.41) is 0. The van der Waals surface area contributed by atoms with E-state index in [2.05, 4.69) is 0 Å². The molecule has 1 aromatic rings. The number of carbonyl (C=O) groups excluding carboxylic acids is 1. The largest absolute Gasteiger partial charge is 0.469 e. The van der Waals surface area contributed by atoms with Crippen LogP contribution >= 0.6 is 12.2 Å². The second-order valence-electron chi connectivity index (χ2n) is 4.05. The van der Waals surface area contributed by atoms with Crippen LogP contribution in [0.25, 0.3) is 0 Å². The number of carbonyl (C=O) groups is 1. The summed E-state index contributed by atoms with van der Waals surface area (Å²) in [6.07, 6.45) is 2.76. The molecular formula is C12H18N2O2S. The Balaban J connectivity index is 2.79. The van der Waals surface area contributed by atoms with Gasteiger partial charge in [0.2, 0.25) is 0 Å². The maximum Gasteiger partial charge on any atom is 0.257 e. The predicted molar refractivity (Wildman–Crippen MR) is 71.0 cm³/mol. The first-order valence-corrected chi connectivity index (χ1v) is 6.00. The van der Waals surface area contributed by atoms with E-state index in [0.717, 1.165) is 0 Å². The number of aryl methyl sites for hydroxylation is 1. The molecule has 0 fully saturated rings. The van der Waals surface area contributed by atoms with E-state index < -0.39 is 0 Å². The van der Waals surface area contributed by atoms with Crippen LogP contribution in [0.2, 0.25) is 0 Å². The van der Waals surface area contributed by atoms with Crippen molar-refractivity contribution < 1.29 is 9.21 Å². The molecule has 0 saturated carbocycles. The third-order valence-electron chi connectivity index (χ3n) is 2.78. The quantitative estimate of drug-likeness (QED) is 0.816. The fraction of sp³-hybridized carbons (Fsp3) is 0.500. The average Bonchev–Trinajstić information content (AvgIpc) is 2.73. The maximum atomic E-state index is 12.2. The lowest BCUT2D eigenvalue weighted by Crippen LogP contribution is -2.37. The van der Waals surface area contributed by atoms with E-state index in [9.17, 15) is 4.79 Å². The van der Waals surface area contributed by atoms with Gasteiger partial charge in [-0.25, -0.2) is 0 Å². The molecule has 0 aromatic carbocycles. The smallest absolute Gasteiger partial charge is 0.257 e. The lowest BCUT2D eigenvalue weighted by molar-refractivity contribution is 0.0746. The lowest BCUT2D eigenvalue weighted by Gasteiger charge is -2.24. The summed E-state index contributed by atoms with van der Waals surface area (Å²) in [5.41, 5.74) is 6.10. The van der Waals surface area contributed by atoms with Crippen LogP contribution < -0.4 is 5.73 Å². The van der Waals surface area contributed by atoms with Crippen LogP contribution in [0, 0.1) is 0 Å². The number of nitrogens with zero attached hydrogens (tertiary/aromatic N) is 1. The van der Waals surface area contributed by atoms with Crippen molar-refractivity contribution in [3.8, 4) is 0 Å². The fourth-order valence-electron chi connectivity index (χ4n) is 1.62. The zero-order valence-electron chi connectivity index (χ0n) is 10.4. The van der Waals surface area contributed by atoms with Gasteiger partial charge >= 0.3 is 0 Å². The van der Waals surface area contributed by atoms with Crippen molar-refractivity contribution in [2.75, 3.05) is 7.05 Å². The Bertz CT molecular complexity index is 414. The van der Waals surface area contributed by atoms with Crippen molar-refractivity contribution >= 4 is 23.1 Å². The SMILES string of the molecule is CCc1occc1C(=O)N(C)C(C)CC(N)=S. The molecule has 0 aliphatic heterocycles. The lowest BCUT2D eigenvalue weighted by atomic mass is 10.1. The molecule has 4 nitrogen and oxygen atoms in total. The Kier molecular flexibility index (Phi) is 4.69. The predicted octanol–water partition coefficient (Wildman–Crippen LogP) is 1.98. The monoisotopic (exact) mass is 254 g/mol. The van der Waals surface area contributed by atoms with Crippen molar-refractivity contribution in [2.45, 2.75) is 32.7 Å². The molecule has 17 heavy (non-hydrogen) atoms. The normalized spacial score (nSPS) is 12.2. The van der Waals surface area contributed by atoms with Gasteiger partial charge in [0.1, 0.15) is 5.76 Å². The first-order valence-electron chi connectivity index (χ1n) is 5.59. The van der Waals surface area contributed by atoms with E-state index in [1.54, 1.807) is 18.0 Å². The second kappa shape index (κ2) is 5.82. The Hall–Kier alpha value is -1.36. The van der Waals surface area contributed by atoms with Crippen molar-refractivity contribution in [1.82, 2.24) is 4.90 Å². The fourth-order valence-corrected chi connectivity index (χ4v) is 1.86. The van der Waals surface area contributed by atoms with Crippen molar-refractivity contribution in [2.24, 2.45) is 5.73 Å². The van der Waals surface area contributed by atoms with E-state index >= 15 is 0 Å². The molecule has 1 rings (SSSR count). The molecule has 94 valence electrons. The van der Waals surface area contributed by atoms with Crippen molar-refractivity contribution in [3.05, 3.63) is 23.7 Å². The van der Waals surface area contributed by atoms with E-state index in [1.807, 2.05) is 13.8 Å². The number of thiocarbonyl (C=S) groups is 1. The van der Waals surface area contributed by atoms with Gasteiger partial charge in [0.25, 0.3) is 5.91 Å². The van der Waals surface area contributed by atoms with Crippen LogP contribution in [0.1, 0.15) is 36.4 Å². The minimum Gasteiger partial charge on any atom is -0.469 e. The van der Waals surface area contributed by atoms with Crippen LogP contribution in [0.3, 0.4) is 0 Å². The standard InChI is InChI=1S/C12H18N2O2S/c1-4-10-9(5-6-16-10)12(15)14(3)8(2)7-11(13)17/h5-6,8H,4,7H2,1-3H3,(H2,13,17). The second-order valence-corrected chi connectivity index (χ2v) is 4.57. The van der Waals surface area contributed by atoms with Gasteiger partial charge in [0.15, 0.2) is 0 Å². The number of hydrogen-bond donors (Lipinski definition) is 1. The number of furan rings is 1. The molecular weight excluding hydrogens is 236 g/mol. The number of rotatable bonds is 5. The highest BCUT2D eigenvalue weighted by atomic mass is 32.1. The van der Waals surface area contributed by atoms with Crippen LogP contribution in [-0.4, -0.2) is 28.9 Å². The van der Waals surface area contributed by atoms with Gasteiger partial charge in [0.05, 0.1) is 16.8 Å². The van der Waals surface area contributed by atoms with Gasteiger partial charge in [0, 0.05) is 25.9 Å². The topological polar surface area (TPSA) is 59.5 Å². The Morgan fingerprint density at radius 1 is 1.65 bits per heavy atom. The average molecular weight is 254 g/mol. The summed E-state index contributed by atoms with van der Waals surface area (Å²) >= 11 is 4.85. The zero-order chi connectivity index (χ0) is 13.0. The molecule has 0 aliphatic rings. The molecule has 5 heteroatoms. The molecule has 0 saturated heterocycles. The van der Waals surface area contributed by atoms with Crippen molar-refractivity contribution in [1.29, 1.82) is 0 Å². The number of amides is 1. The summed E-state index contributed by atoms with van der Waals surface area (Å²) in [6, 6.07) is 1.69. The minimum atomic E-state index is -0.0562. The Morgan fingerprint density at radius 2 is 2.29 bits per heavy atom. The number of hydrogen-bond acceptors (Lipinski definition) is 3. The third-order valence-corrected chi connectivity index (χ3v) is 2.94. The van der Waals surface area contributed by atoms with Gasteiger partial charge in [-0.3, -0.25) is 4.79 Å². The molecule has 0 spiro atoms. The van der Waals surface area contributed by atoms with Crippen LogP contribution in [0.4, 0.5) is 0 Å². The van der Waals surface area contributed by atoms with Crippen LogP contribution in [0.5, 0.6) is 0 Å². The highest BCUT2D eigenvalue weighted by Crippen LogP contribution is 2.15. The summed E-state index contributed by atoms with van der Waals surface area (Å²) in [4.78, 5) is 14.2. The van der Waals surface area contributed by atoms with Crippen molar-refractivity contribution in [3.63, 3.8) is 0 Å². The molecule has 1 aromatic heterocycles. The van der Waals surface area contributed by atoms with E-state index in [-0.39, 0.29) is 11.9 Å². The molecule has 1 unspecified atom stereocenters. The van der Waals surface area contributed by atoms with Gasteiger partial charge in [-0.2, -0.15) is 0 Å². The van der Waals surface area contributed by atoms with Crippen LogP contribution in [0.15, 0.2) is 16.7 Å². The van der Waals surface area contributed by atoms with Crippen LogP contribution in [-0.2, 0) is 6.42 Å². The number of nitrogens with two attached hydrogens (primary N) is 1. The van der Waals surface area contributed by atoms with Gasteiger partial charge in [-0.1, -0.05) is 19.1 Å². The first-order chi connectivity index (χ1) is 7.97.